The lowest BCUT2D eigenvalue weighted by Gasteiger charge is -2.46. The Bertz CT molecular complexity index is 1210. The van der Waals surface area contributed by atoms with Crippen molar-refractivity contribution in [2.24, 2.45) is 29.1 Å². The van der Waals surface area contributed by atoms with E-state index in [9.17, 15) is 19.2 Å². The summed E-state index contributed by atoms with van der Waals surface area (Å²) in [5, 5.41) is 19.0. The van der Waals surface area contributed by atoms with Gasteiger partial charge in [0, 0.05) is 36.3 Å². The molecule has 12 nitrogen and oxygen atoms in total. The van der Waals surface area contributed by atoms with Crippen LogP contribution in [-0.2, 0) is 9.47 Å². The topological polar surface area (TPSA) is 159 Å². The molecule has 6 rings (SSSR count). The Kier molecular flexibility index (Phi) is 16.0. The number of carbonyl (C=O) groups is 4. The third-order valence-electron chi connectivity index (χ3n) is 15.5. The van der Waals surface area contributed by atoms with Crippen LogP contribution in [0.2, 0.25) is 0 Å². The van der Waals surface area contributed by atoms with Gasteiger partial charge in [0.25, 0.3) is 0 Å². The highest BCUT2D eigenvalue weighted by Crippen LogP contribution is 2.49. The van der Waals surface area contributed by atoms with E-state index in [0.29, 0.717) is 23.7 Å². The summed E-state index contributed by atoms with van der Waals surface area (Å²) in [6.45, 7) is 9.20. The summed E-state index contributed by atoms with van der Waals surface area (Å²) < 4.78 is 12.0. The molecule has 6 unspecified atom stereocenters. The molecule has 0 aliphatic heterocycles. The summed E-state index contributed by atoms with van der Waals surface area (Å²) in [4.78, 5) is 51.6. The van der Waals surface area contributed by atoms with Gasteiger partial charge >= 0.3 is 24.2 Å². The van der Waals surface area contributed by atoms with E-state index in [2.05, 4.69) is 59.6 Å². The van der Waals surface area contributed by atoms with Gasteiger partial charge in [0.2, 0.25) is 0 Å². The average Bonchev–Trinajstić information content (AvgIpc) is 3.18. The Labute approximate surface area is 343 Å². The van der Waals surface area contributed by atoms with Crippen molar-refractivity contribution in [3.05, 3.63) is 0 Å². The minimum absolute atomic E-state index is 0.00466. The van der Waals surface area contributed by atoms with E-state index in [0.717, 1.165) is 116 Å². The van der Waals surface area contributed by atoms with Gasteiger partial charge < -0.3 is 41.4 Å². The maximum absolute atomic E-state index is 13.0. The lowest BCUT2D eigenvalue weighted by atomic mass is 9.60. The summed E-state index contributed by atoms with van der Waals surface area (Å²) >= 11 is 0. The molecule has 12 heteroatoms. The first-order valence-corrected chi connectivity index (χ1v) is 23.5. The van der Waals surface area contributed by atoms with Crippen molar-refractivity contribution in [1.82, 2.24) is 31.9 Å². The van der Waals surface area contributed by atoms with Gasteiger partial charge in [-0.3, -0.25) is 0 Å². The van der Waals surface area contributed by atoms with Crippen LogP contribution < -0.4 is 31.9 Å². The number of hydrogen-bond acceptors (Lipinski definition) is 6. The Morgan fingerprint density at radius 3 is 1.16 bits per heavy atom. The van der Waals surface area contributed by atoms with Crippen LogP contribution in [0.25, 0.3) is 0 Å². The van der Waals surface area contributed by atoms with E-state index in [1.54, 1.807) is 0 Å². The molecule has 6 aliphatic carbocycles. The zero-order valence-corrected chi connectivity index (χ0v) is 35.8. The number of ether oxygens (including phenoxy) is 2. The number of carbonyl (C=O) groups excluding carboxylic acids is 4. The van der Waals surface area contributed by atoms with E-state index >= 15 is 0 Å². The molecule has 0 heterocycles. The molecule has 6 fully saturated rings. The maximum Gasteiger partial charge on any atom is 0.407 e. The molecule has 0 saturated heterocycles. The van der Waals surface area contributed by atoms with Crippen molar-refractivity contribution in [2.75, 3.05) is 0 Å². The highest BCUT2D eigenvalue weighted by atomic mass is 16.6. The first-order valence-electron chi connectivity index (χ1n) is 23.5. The van der Waals surface area contributed by atoms with Crippen molar-refractivity contribution in [3.8, 4) is 0 Å². The molecule has 6 atom stereocenters. The Morgan fingerprint density at radius 2 is 0.789 bits per heavy atom. The quantitative estimate of drug-likeness (QED) is 0.130. The zero-order valence-electron chi connectivity index (χ0n) is 35.8. The predicted octanol–water partition coefficient (Wildman–Crippen LogP) is 8.96. The molecule has 6 aliphatic rings. The molecule has 0 bridgehead atoms. The number of alkyl carbamates (subject to hydrolysis) is 2. The molecule has 0 aromatic carbocycles. The highest BCUT2D eigenvalue weighted by Gasteiger charge is 2.42. The molecule has 0 radical (unpaired) electrons. The van der Waals surface area contributed by atoms with Gasteiger partial charge in [0.15, 0.2) is 0 Å². The van der Waals surface area contributed by atoms with Gasteiger partial charge in [0.05, 0.1) is 0 Å². The Hall–Kier alpha value is -2.92. The normalized spacial score (nSPS) is 34.5. The number of hydrogen-bond donors (Lipinski definition) is 6. The van der Waals surface area contributed by atoms with Crippen LogP contribution in [0.1, 0.15) is 182 Å². The lowest BCUT2D eigenvalue weighted by Crippen LogP contribution is -2.53. The van der Waals surface area contributed by atoms with Crippen LogP contribution in [0, 0.1) is 29.1 Å². The first-order chi connectivity index (χ1) is 27.4. The Morgan fingerprint density at radius 1 is 0.421 bits per heavy atom. The van der Waals surface area contributed by atoms with Crippen molar-refractivity contribution in [1.29, 1.82) is 0 Å². The molecule has 6 N–H and O–H groups in total. The number of rotatable bonds is 10. The Balaban J connectivity index is 0.851. The fourth-order valence-electron chi connectivity index (χ4n) is 11.5. The molecule has 0 aromatic heterocycles. The van der Waals surface area contributed by atoms with E-state index in [1.165, 1.54) is 38.5 Å². The predicted molar refractivity (Wildman–Crippen MR) is 223 cm³/mol. The highest BCUT2D eigenvalue weighted by molar-refractivity contribution is 5.75. The summed E-state index contributed by atoms with van der Waals surface area (Å²) in [5.41, 5.74) is 0.161. The van der Waals surface area contributed by atoms with Gasteiger partial charge in [0.1, 0.15) is 12.2 Å². The standard InChI is InChI=1S/C45H78N6O6/c1-29-15-21-35(27-39(29)50-41(52)46-33-11-7-5-8-12-33)48-43(54)56-37-23-17-31(18-24-37)45(3,4)32-19-25-38(26-20-32)57-44(55)49-36-22-16-30(2)40(28-36)51-42(53)47-34-13-9-6-10-14-34/h29-40H,5-28H2,1-4H3,(H,48,54)(H,49,55)(H2,46,50,52)(H2,47,51,53). The third-order valence-corrected chi connectivity index (χ3v) is 15.5. The minimum Gasteiger partial charge on any atom is -0.446 e. The van der Waals surface area contributed by atoms with E-state index in [1.807, 2.05) is 0 Å². The van der Waals surface area contributed by atoms with E-state index in [4.69, 9.17) is 9.47 Å². The van der Waals surface area contributed by atoms with Gasteiger partial charge in [-0.15, -0.1) is 0 Å². The monoisotopic (exact) mass is 799 g/mol. The minimum atomic E-state index is -0.322. The van der Waals surface area contributed by atoms with Crippen molar-refractivity contribution < 1.29 is 28.7 Å². The summed E-state index contributed by atoms with van der Waals surface area (Å²) in [6, 6.07) is 0.495. The van der Waals surface area contributed by atoms with Gasteiger partial charge in [-0.2, -0.15) is 0 Å². The van der Waals surface area contributed by atoms with Gasteiger partial charge in [-0.05, 0) is 145 Å². The van der Waals surface area contributed by atoms with Gasteiger partial charge in [-0.1, -0.05) is 66.2 Å². The molecule has 6 amide bonds. The van der Waals surface area contributed by atoms with Crippen LogP contribution in [0.4, 0.5) is 19.2 Å². The van der Waals surface area contributed by atoms with Crippen LogP contribution in [0.3, 0.4) is 0 Å². The number of amides is 6. The van der Waals surface area contributed by atoms with Gasteiger partial charge in [-0.25, -0.2) is 19.2 Å². The molecular weight excluding hydrogens is 721 g/mol. The second-order valence-corrected chi connectivity index (χ2v) is 20.0. The summed E-state index contributed by atoms with van der Waals surface area (Å²) in [7, 11) is 0. The molecular formula is C45H78N6O6. The molecule has 324 valence electrons. The smallest absolute Gasteiger partial charge is 0.407 e. The second kappa shape index (κ2) is 20.9. The summed E-state index contributed by atoms with van der Waals surface area (Å²) in [5.74, 6) is 1.88. The van der Waals surface area contributed by atoms with E-state index in [-0.39, 0.29) is 78.1 Å². The fourth-order valence-corrected chi connectivity index (χ4v) is 11.5. The fraction of sp³-hybridized carbons (Fsp3) is 0.911. The molecule has 6 saturated carbocycles. The zero-order chi connectivity index (χ0) is 40.4. The maximum atomic E-state index is 13.0. The van der Waals surface area contributed by atoms with Crippen molar-refractivity contribution in [3.63, 3.8) is 0 Å². The van der Waals surface area contributed by atoms with Crippen molar-refractivity contribution >= 4 is 24.2 Å². The molecule has 0 aromatic rings. The average molecular weight is 799 g/mol. The molecule has 57 heavy (non-hydrogen) atoms. The second-order valence-electron chi connectivity index (χ2n) is 20.0. The van der Waals surface area contributed by atoms with Crippen LogP contribution in [0.15, 0.2) is 0 Å². The van der Waals surface area contributed by atoms with E-state index < -0.39 is 0 Å². The molecule has 0 spiro atoms. The first kappa shape index (κ1) is 43.7. The SMILES string of the molecule is CC1CCC(NC(=O)OC2CCC(C(C)(C)C3CCC(OC(=O)NC4CCC(C)C(NC(=O)NC5CCCCC5)C4)CC3)CC2)CC1NC(=O)NC1CCCCC1. The van der Waals surface area contributed by atoms with Crippen LogP contribution >= 0.6 is 0 Å². The lowest BCUT2D eigenvalue weighted by molar-refractivity contribution is -0.00755. The number of nitrogens with one attached hydrogen (secondary N) is 6. The summed E-state index contributed by atoms with van der Waals surface area (Å²) in [6.07, 6.45) is 23.6. The van der Waals surface area contributed by atoms with Crippen molar-refractivity contribution in [2.45, 2.75) is 230 Å². The third kappa shape index (κ3) is 13.0. The number of urea groups is 2. The van der Waals surface area contributed by atoms with Crippen LogP contribution in [-0.4, -0.2) is 72.7 Å². The van der Waals surface area contributed by atoms with Crippen LogP contribution in [0.5, 0.6) is 0 Å². The largest absolute Gasteiger partial charge is 0.446 e.